The van der Waals surface area contributed by atoms with Gasteiger partial charge in [-0.2, -0.15) is 0 Å². The minimum absolute atomic E-state index is 0.458. The van der Waals surface area contributed by atoms with Crippen LogP contribution in [0.2, 0.25) is 0 Å². The van der Waals surface area contributed by atoms with Crippen molar-refractivity contribution in [3.63, 3.8) is 0 Å². The Kier molecular flexibility index (Phi) is 3.06. The molecule has 1 unspecified atom stereocenters. The average Bonchev–Trinajstić information content (AvgIpc) is 2.80. The monoisotopic (exact) mass is 279 g/mol. The van der Waals surface area contributed by atoms with E-state index in [1.165, 1.54) is 6.08 Å². The van der Waals surface area contributed by atoms with E-state index in [0.29, 0.717) is 11.3 Å². The van der Waals surface area contributed by atoms with Crippen LogP contribution < -0.4 is 4.90 Å². The molecule has 1 heterocycles. The average molecular weight is 279 g/mol. The van der Waals surface area contributed by atoms with Crippen LogP contribution in [0.25, 0.3) is 0 Å². The van der Waals surface area contributed by atoms with E-state index in [2.05, 4.69) is 6.58 Å². The van der Waals surface area contributed by atoms with Crippen LogP contribution in [0.1, 0.15) is 5.56 Å². The number of ether oxygens (including phenoxy) is 1. The maximum absolute atomic E-state index is 12.8. The number of carbonyl (C=O) groups excluding carboxylic acids is 2. The highest BCUT2D eigenvalue weighted by molar-refractivity contribution is 6.21. The molecule has 1 atom stereocenters. The van der Waals surface area contributed by atoms with E-state index in [0.717, 1.165) is 4.90 Å². The van der Waals surface area contributed by atoms with E-state index in [-0.39, 0.29) is 0 Å². The molecule has 21 heavy (non-hydrogen) atoms. The van der Waals surface area contributed by atoms with Gasteiger partial charge in [0.05, 0.1) is 5.69 Å². The van der Waals surface area contributed by atoms with Crippen LogP contribution in [0.4, 0.5) is 10.5 Å². The highest BCUT2D eigenvalue weighted by Crippen LogP contribution is 2.37. The van der Waals surface area contributed by atoms with E-state index < -0.39 is 17.6 Å². The van der Waals surface area contributed by atoms with Gasteiger partial charge in [0.25, 0.3) is 5.91 Å². The highest BCUT2D eigenvalue weighted by atomic mass is 16.6. The first kappa shape index (κ1) is 13.1. The summed E-state index contributed by atoms with van der Waals surface area (Å²) in [6.07, 6.45) is 0.667. The SMILES string of the molecule is C=CC1(c2ccccc2)OC(=O)N(c2ccccc2)C1=O. The molecule has 4 heteroatoms. The third-order valence-corrected chi connectivity index (χ3v) is 3.46. The summed E-state index contributed by atoms with van der Waals surface area (Å²) in [5, 5.41) is 0. The summed E-state index contributed by atoms with van der Waals surface area (Å²) in [5.74, 6) is -0.458. The molecule has 0 spiro atoms. The van der Waals surface area contributed by atoms with Gasteiger partial charge < -0.3 is 4.74 Å². The van der Waals surface area contributed by atoms with Crippen molar-refractivity contribution in [1.29, 1.82) is 0 Å². The molecule has 1 saturated heterocycles. The quantitative estimate of drug-likeness (QED) is 0.810. The zero-order chi connectivity index (χ0) is 14.9. The number of anilines is 1. The number of amides is 2. The Labute approximate surface area is 122 Å². The lowest BCUT2D eigenvalue weighted by molar-refractivity contribution is -0.126. The Bertz CT molecular complexity index is 696. The second-order valence-electron chi connectivity index (χ2n) is 4.65. The minimum Gasteiger partial charge on any atom is -0.423 e. The number of carbonyl (C=O) groups is 2. The predicted octanol–water partition coefficient (Wildman–Crippen LogP) is 3.25. The fraction of sp³-hybridized carbons (Fsp3) is 0.0588. The smallest absolute Gasteiger partial charge is 0.423 e. The lowest BCUT2D eigenvalue weighted by Crippen LogP contribution is -2.37. The molecule has 1 fully saturated rings. The first-order chi connectivity index (χ1) is 10.2. The Balaban J connectivity index is 2.09. The molecule has 1 aliphatic heterocycles. The van der Waals surface area contributed by atoms with Crippen LogP contribution in [-0.2, 0) is 15.1 Å². The van der Waals surface area contributed by atoms with Crippen LogP contribution in [0, 0.1) is 0 Å². The zero-order valence-corrected chi connectivity index (χ0v) is 11.2. The Hall–Kier alpha value is -2.88. The lowest BCUT2D eigenvalue weighted by atomic mass is 9.93. The number of hydrogen-bond donors (Lipinski definition) is 0. The van der Waals surface area contributed by atoms with Crippen molar-refractivity contribution >= 4 is 17.7 Å². The largest absolute Gasteiger partial charge is 0.423 e. The van der Waals surface area contributed by atoms with Gasteiger partial charge in [-0.25, -0.2) is 9.69 Å². The Morgan fingerprint density at radius 2 is 1.52 bits per heavy atom. The number of rotatable bonds is 3. The molecule has 2 amide bonds. The van der Waals surface area contributed by atoms with Gasteiger partial charge >= 0.3 is 6.09 Å². The standard InChI is InChI=1S/C17H13NO3/c1-2-17(13-9-5-3-6-10-13)15(19)18(16(20)21-17)14-11-7-4-8-12-14/h2-12H,1H2. The first-order valence-corrected chi connectivity index (χ1v) is 6.51. The molecule has 0 bridgehead atoms. The molecule has 0 saturated carbocycles. The van der Waals surface area contributed by atoms with Gasteiger partial charge in [-0.3, -0.25) is 4.79 Å². The van der Waals surface area contributed by atoms with Gasteiger partial charge in [-0.05, 0) is 18.2 Å². The summed E-state index contributed by atoms with van der Waals surface area (Å²) < 4.78 is 5.38. The number of benzene rings is 2. The van der Waals surface area contributed by atoms with Gasteiger partial charge in [0.2, 0.25) is 5.60 Å². The van der Waals surface area contributed by atoms with Crippen LogP contribution in [0.15, 0.2) is 73.3 Å². The van der Waals surface area contributed by atoms with Crippen LogP contribution in [0.3, 0.4) is 0 Å². The van der Waals surface area contributed by atoms with Crippen molar-refractivity contribution in [3.8, 4) is 0 Å². The number of hydrogen-bond acceptors (Lipinski definition) is 3. The molecule has 0 aliphatic carbocycles. The molecule has 2 aromatic rings. The van der Waals surface area contributed by atoms with Gasteiger partial charge in [-0.1, -0.05) is 55.1 Å². The zero-order valence-electron chi connectivity index (χ0n) is 11.2. The Morgan fingerprint density at radius 1 is 0.952 bits per heavy atom. The van der Waals surface area contributed by atoms with Crippen molar-refractivity contribution in [2.75, 3.05) is 4.90 Å². The van der Waals surface area contributed by atoms with E-state index in [4.69, 9.17) is 4.74 Å². The normalized spacial score (nSPS) is 21.2. The van der Waals surface area contributed by atoms with E-state index in [1.54, 1.807) is 48.5 Å². The van der Waals surface area contributed by atoms with Gasteiger partial charge in [0.15, 0.2) is 0 Å². The topological polar surface area (TPSA) is 46.6 Å². The number of imide groups is 1. The van der Waals surface area contributed by atoms with E-state index in [9.17, 15) is 9.59 Å². The second kappa shape index (κ2) is 4.90. The van der Waals surface area contributed by atoms with Gasteiger partial charge in [0.1, 0.15) is 0 Å². The number of para-hydroxylation sites is 1. The summed E-state index contributed by atoms with van der Waals surface area (Å²) in [4.78, 5) is 26.0. The maximum atomic E-state index is 12.8. The van der Waals surface area contributed by atoms with Crippen molar-refractivity contribution in [1.82, 2.24) is 0 Å². The Morgan fingerprint density at radius 3 is 2.10 bits per heavy atom. The summed E-state index contributed by atoms with van der Waals surface area (Å²) in [6, 6.07) is 17.6. The third-order valence-electron chi connectivity index (χ3n) is 3.46. The molecule has 0 aromatic heterocycles. The fourth-order valence-corrected chi connectivity index (χ4v) is 2.39. The van der Waals surface area contributed by atoms with Gasteiger partial charge in [-0.15, -0.1) is 0 Å². The minimum atomic E-state index is -1.46. The maximum Gasteiger partial charge on any atom is 0.423 e. The number of cyclic esters (lactones) is 1. The van der Waals surface area contributed by atoms with Gasteiger partial charge in [0, 0.05) is 5.56 Å². The van der Waals surface area contributed by atoms with Crippen molar-refractivity contribution in [2.45, 2.75) is 5.60 Å². The molecular weight excluding hydrogens is 266 g/mol. The number of nitrogens with zero attached hydrogens (tertiary/aromatic N) is 1. The van der Waals surface area contributed by atoms with Crippen molar-refractivity contribution < 1.29 is 14.3 Å². The third kappa shape index (κ3) is 1.92. The molecular formula is C17H13NO3. The van der Waals surface area contributed by atoms with E-state index >= 15 is 0 Å². The van der Waals surface area contributed by atoms with E-state index in [1.807, 2.05) is 12.1 Å². The molecule has 0 radical (unpaired) electrons. The molecule has 104 valence electrons. The predicted molar refractivity (Wildman–Crippen MR) is 78.7 cm³/mol. The summed E-state index contributed by atoms with van der Waals surface area (Å²) in [6.45, 7) is 3.68. The first-order valence-electron chi connectivity index (χ1n) is 6.51. The molecule has 2 aromatic carbocycles. The molecule has 1 aliphatic rings. The van der Waals surface area contributed by atoms with Crippen molar-refractivity contribution in [3.05, 3.63) is 78.9 Å². The summed E-state index contributed by atoms with van der Waals surface area (Å²) in [5.41, 5.74) is -0.405. The molecule has 4 nitrogen and oxygen atoms in total. The second-order valence-corrected chi connectivity index (χ2v) is 4.65. The van der Waals surface area contributed by atoms with Crippen LogP contribution >= 0.6 is 0 Å². The summed E-state index contributed by atoms with van der Waals surface area (Å²) >= 11 is 0. The lowest BCUT2D eigenvalue weighted by Gasteiger charge is -2.21. The summed E-state index contributed by atoms with van der Waals surface area (Å²) in [7, 11) is 0. The highest BCUT2D eigenvalue weighted by Gasteiger charge is 2.53. The molecule has 3 rings (SSSR count). The molecule has 0 N–H and O–H groups in total. The van der Waals surface area contributed by atoms with Crippen molar-refractivity contribution in [2.24, 2.45) is 0 Å². The van der Waals surface area contributed by atoms with Crippen LogP contribution in [-0.4, -0.2) is 12.0 Å². The van der Waals surface area contributed by atoms with Crippen LogP contribution in [0.5, 0.6) is 0 Å². The fourth-order valence-electron chi connectivity index (χ4n) is 2.39.